The van der Waals surface area contributed by atoms with Crippen LogP contribution in [0.4, 0.5) is 13.2 Å². The molecule has 0 spiro atoms. The topological polar surface area (TPSA) is 73.8 Å². The van der Waals surface area contributed by atoms with E-state index in [0.717, 1.165) is 0 Å². The van der Waals surface area contributed by atoms with Crippen molar-refractivity contribution in [3.63, 3.8) is 0 Å². The van der Waals surface area contributed by atoms with E-state index in [1.54, 1.807) is 12.3 Å². The molecule has 0 saturated heterocycles. The molecule has 154 valence electrons. The van der Waals surface area contributed by atoms with Crippen LogP contribution in [0.2, 0.25) is 0 Å². The Labute approximate surface area is 176 Å². The first kappa shape index (κ1) is 20.5. The minimum Gasteiger partial charge on any atom is -0.436 e. The van der Waals surface area contributed by atoms with E-state index in [9.17, 15) is 18.0 Å². The summed E-state index contributed by atoms with van der Waals surface area (Å²) in [6, 6.07) is 7.08. The fourth-order valence-electron chi connectivity index (χ4n) is 2.74. The quantitative estimate of drug-likeness (QED) is 0.389. The first-order valence-corrected chi connectivity index (χ1v) is 10.5. The molecule has 4 aromatic rings. The summed E-state index contributed by atoms with van der Waals surface area (Å²) < 4.78 is 45.0. The fraction of sp³-hybridized carbons (Fsp3) is 0.158. The van der Waals surface area contributed by atoms with Gasteiger partial charge in [-0.05, 0) is 41.8 Å². The molecule has 0 aliphatic rings. The van der Waals surface area contributed by atoms with Gasteiger partial charge in [0.1, 0.15) is 5.52 Å². The van der Waals surface area contributed by atoms with Crippen molar-refractivity contribution in [1.29, 1.82) is 0 Å². The molecule has 3 aromatic heterocycles. The van der Waals surface area contributed by atoms with Crippen LogP contribution in [0.25, 0.3) is 28.5 Å². The number of hydrogen-bond donors (Lipinski definition) is 0. The minimum absolute atomic E-state index is 0.00894. The Morgan fingerprint density at radius 3 is 2.63 bits per heavy atom. The SMILES string of the molecule is CCSc1cn(-c2ncccn2)c(=O)cc1-c1nc2cc(SC(F)(F)F)ccc2o1. The number of benzene rings is 1. The number of nitrogens with zero attached hydrogens (tertiary/aromatic N) is 4. The Morgan fingerprint density at radius 1 is 1.17 bits per heavy atom. The van der Waals surface area contributed by atoms with Crippen LogP contribution in [0.15, 0.2) is 67.9 Å². The van der Waals surface area contributed by atoms with E-state index < -0.39 is 5.51 Å². The summed E-state index contributed by atoms with van der Waals surface area (Å²) in [7, 11) is 0. The first-order chi connectivity index (χ1) is 14.3. The molecule has 3 heterocycles. The van der Waals surface area contributed by atoms with Gasteiger partial charge in [0, 0.05) is 34.4 Å². The van der Waals surface area contributed by atoms with Crippen molar-refractivity contribution in [3.05, 3.63) is 59.3 Å². The molecule has 0 amide bonds. The lowest BCUT2D eigenvalue weighted by Crippen LogP contribution is -2.19. The molecular formula is C19H13F3N4O2S2. The Bertz CT molecular complexity index is 1260. The maximum absolute atomic E-state index is 12.7. The molecule has 11 heteroatoms. The largest absolute Gasteiger partial charge is 0.446 e. The van der Waals surface area contributed by atoms with Crippen molar-refractivity contribution in [3.8, 4) is 17.4 Å². The van der Waals surface area contributed by atoms with E-state index in [-0.39, 0.29) is 39.6 Å². The van der Waals surface area contributed by atoms with Crippen LogP contribution >= 0.6 is 23.5 Å². The smallest absolute Gasteiger partial charge is 0.436 e. The number of alkyl halides is 3. The van der Waals surface area contributed by atoms with Gasteiger partial charge >= 0.3 is 5.51 Å². The number of halogens is 3. The van der Waals surface area contributed by atoms with Crippen LogP contribution in [0, 0.1) is 0 Å². The third-order valence-corrected chi connectivity index (χ3v) is 5.55. The molecule has 0 aliphatic heterocycles. The van der Waals surface area contributed by atoms with Crippen LogP contribution < -0.4 is 5.56 Å². The number of pyridine rings is 1. The molecule has 0 atom stereocenters. The Morgan fingerprint density at radius 2 is 1.93 bits per heavy atom. The fourth-order valence-corrected chi connectivity index (χ4v) is 4.11. The van der Waals surface area contributed by atoms with Crippen molar-refractivity contribution < 1.29 is 17.6 Å². The molecule has 0 fully saturated rings. The van der Waals surface area contributed by atoms with E-state index in [4.69, 9.17) is 4.42 Å². The second-order valence-corrected chi connectivity index (χ2v) is 8.38. The first-order valence-electron chi connectivity index (χ1n) is 8.67. The summed E-state index contributed by atoms with van der Waals surface area (Å²) in [5, 5.41) is 0. The molecule has 0 N–H and O–H groups in total. The molecular weight excluding hydrogens is 437 g/mol. The van der Waals surface area contributed by atoms with Crippen molar-refractivity contribution in [1.82, 2.24) is 19.5 Å². The lowest BCUT2D eigenvalue weighted by molar-refractivity contribution is -0.0328. The van der Waals surface area contributed by atoms with Gasteiger partial charge in [-0.15, -0.1) is 11.8 Å². The van der Waals surface area contributed by atoms with Crippen molar-refractivity contribution >= 4 is 34.6 Å². The minimum atomic E-state index is -4.39. The maximum Gasteiger partial charge on any atom is 0.446 e. The number of thioether (sulfide) groups is 2. The standard InChI is InChI=1S/C19H13F3N4O2S2/c1-2-29-15-10-26(18-23-6-3-7-24-18)16(27)9-12(15)17-25-13-8-11(30-19(20,21)22)4-5-14(13)28-17/h3-10H,2H2,1H3. The molecule has 6 nitrogen and oxygen atoms in total. The molecule has 0 saturated carbocycles. The van der Waals surface area contributed by atoms with E-state index in [2.05, 4.69) is 15.0 Å². The van der Waals surface area contributed by atoms with Crippen molar-refractivity contribution in [2.75, 3.05) is 5.75 Å². The number of rotatable bonds is 5. The Kier molecular flexibility index (Phi) is 5.56. The maximum atomic E-state index is 12.7. The highest BCUT2D eigenvalue weighted by Gasteiger charge is 2.29. The highest BCUT2D eigenvalue weighted by Crippen LogP contribution is 2.39. The zero-order valence-electron chi connectivity index (χ0n) is 15.4. The van der Waals surface area contributed by atoms with Gasteiger partial charge in [0.15, 0.2) is 5.58 Å². The summed E-state index contributed by atoms with van der Waals surface area (Å²) in [4.78, 5) is 25.9. The molecule has 1 aromatic carbocycles. The van der Waals surface area contributed by atoms with Gasteiger partial charge in [-0.25, -0.2) is 15.0 Å². The monoisotopic (exact) mass is 450 g/mol. The number of hydrogen-bond acceptors (Lipinski definition) is 7. The van der Waals surface area contributed by atoms with E-state index in [1.165, 1.54) is 53.0 Å². The van der Waals surface area contributed by atoms with Gasteiger partial charge in [0.25, 0.3) is 5.56 Å². The lowest BCUT2D eigenvalue weighted by Gasteiger charge is -2.09. The highest BCUT2D eigenvalue weighted by atomic mass is 32.2. The summed E-state index contributed by atoms with van der Waals surface area (Å²) in [6.07, 6.45) is 4.68. The third-order valence-electron chi connectivity index (χ3n) is 3.91. The average molecular weight is 450 g/mol. The second kappa shape index (κ2) is 8.15. The predicted molar refractivity (Wildman–Crippen MR) is 109 cm³/mol. The number of oxazole rings is 1. The normalized spacial score (nSPS) is 11.9. The van der Waals surface area contributed by atoms with Crippen LogP contribution in [-0.2, 0) is 0 Å². The summed E-state index contributed by atoms with van der Waals surface area (Å²) in [5.74, 6) is 1.11. The van der Waals surface area contributed by atoms with Gasteiger partial charge in [-0.3, -0.25) is 9.36 Å². The third kappa shape index (κ3) is 4.36. The lowest BCUT2D eigenvalue weighted by atomic mass is 10.2. The highest BCUT2D eigenvalue weighted by molar-refractivity contribution is 8.00. The molecule has 0 unspecified atom stereocenters. The van der Waals surface area contributed by atoms with Gasteiger partial charge in [-0.1, -0.05) is 6.92 Å². The number of aromatic nitrogens is 4. The predicted octanol–water partition coefficient (Wildman–Crippen LogP) is 5.16. The molecule has 0 radical (unpaired) electrons. The van der Waals surface area contributed by atoms with Crippen LogP contribution in [0.3, 0.4) is 0 Å². The molecule has 4 rings (SSSR count). The van der Waals surface area contributed by atoms with E-state index in [0.29, 0.717) is 21.8 Å². The molecule has 0 aliphatic carbocycles. The summed E-state index contributed by atoms with van der Waals surface area (Å²) in [5.41, 5.74) is -3.70. The van der Waals surface area contributed by atoms with Crippen molar-refractivity contribution in [2.45, 2.75) is 22.2 Å². The molecule has 0 bridgehead atoms. The zero-order chi connectivity index (χ0) is 21.3. The average Bonchev–Trinajstić information content (AvgIpc) is 3.12. The summed E-state index contributed by atoms with van der Waals surface area (Å²) >= 11 is 1.25. The van der Waals surface area contributed by atoms with Crippen LogP contribution in [0.1, 0.15) is 6.92 Å². The summed E-state index contributed by atoms with van der Waals surface area (Å²) in [6.45, 7) is 1.95. The van der Waals surface area contributed by atoms with E-state index in [1.807, 2.05) is 6.92 Å². The van der Waals surface area contributed by atoms with Gasteiger partial charge in [0.05, 0.1) is 5.56 Å². The molecule has 30 heavy (non-hydrogen) atoms. The second-order valence-electron chi connectivity index (χ2n) is 5.94. The Balaban J connectivity index is 1.80. The van der Waals surface area contributed by atoms with Gasteiger partial charge in [0.2, 0.25) is 11.8 Å². The Hall–Kier alpha value is -2.79. The zero-order valence-corrected chi connectivity index (χ0v) is 17.0. The van der Waals surface area contributed by atoms with Gasteiger partial charge < -0.3 is 4.42 Å². The van der Waals surface area contributed by atoms with E-state index >= 15 is 0 Å². The number of fused-ring (bicyclic) bond motifs is 1. The van der Waals surface area contributed by atoms with Crippen LogP contribution in [0.5, 0.6) is 0 Å². The van der Waals surface area contributed by atoms with Crippen LogP contribution in [-0.4, -0.2) is 30.8 Å². The van der Waals surface area contributed by atoms with Gasteiger partial charge in [-0.2, -0.15) is 13.2 Å². The van der Waals surface area contributed by atoms with Crippen molar-refractivity contribution in [2.24, 2.45) is 0 Å².